The maximum Gasteiger partial charge on any atom is 0.282 e. The summed E-state index contributed by atoms with van der Waals surface area (Å²) in [6.45, 7) is 1.16. The van der Waals surface area contributed by atoms with E-state index in [0.717, 1.165) is 19.1 Å². The smallest absolute Gasteiger partial charge is 0.274 e. The zero-order valence-corrected chi connectivity index (χ0v) is 9.65. The number of benzene rings is 1. The molecular weight excluding hydrogens is 256 g/mol. The molecule has 0 saturated carbocycles. The van der Waals surface area contributed by atoms with Crippen LogP contribution in [0.25, 0.3) is 10.4 Å². The number of nitrogens with one attached hydrogen (secondary N) is 2. The maximum absolute atomic E-state index is 11.7. The predicted octanol–water partition coefficient (Wildman–Crippen LogP) is 1.32. The number of carbonyl (C=O) groups excluding carboxylic acids is 2. The standard InChI is InChI=1S/C9H8N6O4/c1-5(16)11-13-9(17)7-4-6(12-14-10)2-3-8(7)15(18)19/h2-4H,1H3,(H,11,16)(H,13,17). The highest BCUT2D eigenvalue weighted by molar-refractivity contribution is 5.99. The van der Waals surface area contributed by atoms with Crippen LogP contribution in [0.2, 0.25) is 0 Å². The van der Waals surface area contributed by atoms with Crippen LogP contribution in [0.3, 0.4) is 0 Å². The molecule has 10 nitrogen and oxygen atoms in total. The maximum atomic E-state index is 11.7. The van der Waals surface area contributed by atoms with Crippen LogP contribution in [-0.2, 0) is 4.79 Å². The predicted molar refractivity (Wildman–Crippen MR) is 63.2 cm³/mol. The zero-order valence-electron chi connectivity index (χ0n) is 9.65. The van der Waals surface area contributed by atoms with Crippen LogP contribution >= 0.6 is 0 Å². The lowest BCUT2D eigenvalue weighted by Crippen LogP contribution is -2.40. The minimum absolute atomic E-state index is 0.0427. The Hall–Kier alpha value is -3.13. The third-order valence-electron chi connectivity index (χ3n) is 1.93. The van der Waals surface area contributed by atoms with E-state index in [2.05, 4.69) is 10.0 Å². The molecular formula is C9H8N6O4. The highest BCUT2D eigenvalue weighted by atomic mass is 16.6. The van der Waals surface area contributed by atoms with E-state index in [1.807, 2.05) is 10.9 Å². The molecule has 98 valence electrons. The molecule has 0 aliphatic heterocycles. The average Bonchev–Trinajstić information content (AvgIpc) is 2.36. The summed E-state index contributed by atoms with van der Waals surface area (Å²) in [7, 11) is 0. The molecule has 10 heteroatoms. The van der Waals surface area contributed by atoms with Gasteiger partial charge in [-0.2, -0.15) is 0 Å². The molecule has 0 bridgehead atoms. The fourth-order valence-corrected chi connectivity index (χ4v) is 1.19. The van der Waals surface area contributed by atoms with Crippen LogP contribution in [0.15, 0.2) is 23.3 Å². The number of nitro groups is 1. The number of hydrazine groups is 1. The molecule has 0 saturated heterocycles. The van der Waals surface area contributed by atoms with Crippen molar-refractivity contribution in [1.29, 1.82) is 0 Å². The van der Waals surface area contributed by atoms with Crippen molar-refractivity contribution in [2.75, 3.05) is 0 Å². The molecule has 0 fully saturated rings. The first-order valence-electron chi connectivity index (χ1n) is 4.86. The minimum Gasteiger partial charge on any atom is -0.274 e. The van der Waals surface area contributed by atoms with Gasteiger partial charge in [0.25, 0.3) is 11.6 Å². The first kappa shape index (κ1) is 13.9. The Morgan fingerprint density at radius 1 is 1.42 bits per heavy atom. The number of hydrogen-bond donors (Lipinski definition) is 2. The van der Waals surface area contributed by atoms with Gasteiger partial charge in [-0.1, -0.05) is 5.11 Å². The van der Waals surface area contributed by atoms with E-state index in [4.69, 9.17) is 5.53 Å². The number of amides is 2. The van der Waals surface area contributed by atoms with Crippen molar-refractivity contribution in [3.8, 4) is 0 Å². The van der Waals surface area contributed by atoms with E-state index in [1.54, 1.807) is 0 Å². The van der Waals surface area contributed by atoms with Crippen LogP contribution in [0.5, 0.6) is 0 Å². The van der Waals surface area contributed by atoms with Gasteiger partial charge in [-0.05, 0) is 17.7 Å². The molecule has 19 heavy (non-hydrogen) atoms. The highest BCUT2D eigenvalue weighted by Gasteiger charge is 2.20. The Labute approximate surface area is 106 Å². The number of azide groups is 1. The quantitative estimate of drug-likeness (QED) is 0.278. The summed E-state index contributed by atoms with van der Waals surface area (Å²) in [4.78, 5) is 34.8. The number of hydrogen-bond acceptors (Lipinski definition) is 5. The lowest BCUT2D eigenvalue weighted by atomic mass is 10.1. The summed E-state index contributed by atoms with van der Waals surface area (Å²) >= 11 is 0. The number of carbonyl (C=O) groups is 2. The van der Waals surface area contributed by atoms with Gasteiger partial charge in [-0.25, -0.2) is 0 Å². The van der Waals surface area contributed by atoms with Gasteiger partial charge < -0.3 is 0 Å². The summed E-state index contributed by atoms with van der Waals surface area (Å²) in [6, 6.07) is 3.29. The van der Waals surface area contributed by atoms with Crippen LogP contribution in [0, 0.1) is 10.1 Å². The fourth-order valence-electron chi connectivity index (χ4n) is 1.19. The van der Waals surface area contributed by atoms with Gasteiger partial charge in [-0.3, -0.25) is 30.6 Å². The Bertz CT molecular complexity index is 592. The summed E-state index contributed by atoms with van der Waals surface area (Å²) in [5.41, 5.74) is 11.5. The molecule has 2 N–H and O–H groups in total. The Kier molecular flexibility index (Phi) is 4.39. The van der Waals surface area contributed by atoms with Gasteiger partial charge in [0.15, 0.2) is 0 Å². The van der Waals surface area contributed by atoms with Crippen molar-refractivity contribution in [1.82, 2.24) is 10.9 Å². The van der Waals surface area contributed by atoms with E-state index in [-0.39, 0.29) is 11.3 Å². The molecule has 0 aliphatic rings. The summed E-state index contributed by atoms with van der Waals surface area (Å²) < 4.78 is 0. The third-order valence-corrected chi connectivity index (χ3v) is 1.93. The van der Waals surface area contributed by atoms with E-state index < -0.39 is 22.4 Å². The monoisotopic (exact) mass is 264 g/mol. The Morgan fingerprint density at radius 3 is 2.63 bits per heavy atom. The van der Waals surface area contributed by atoms with Crippen LogP contribution < -0.4 is 10.9 Å². The molecule has 0 heterocycles. The van der Waals surface area contributed by atoms with Gasteiger partial charge in [0.05, 0.1) is 4.92 Å². The van der Waals surface area contributed by atoms with Crippen LogP contribution in [0.1, 0.15) is 17.3 Å². The number of rotatable bonds is 3. The van der Waals surface area contributed by atoms with Crippen LogP contribution in [-0.4, -0.2) is 16.7 Å². The van der Waals surface area contributed by atoms with Crippen molar-refractivity contribution < 1.29 is 14.5 Å². The highest BCUT2D eigenvalue weighted by Crippen LogP contribution is 2.24. The van der Waals surface area contributed by atoms with Gasteiger partial charge in [0.1, 0.15) is 5.56 Å². The third kappa shape index (κ3) is 3.68. The molecule has 0 aromatic heterocycles. The van der Waals surface area contributed by atoms with E-state index in [1.165, 1.54) is 6.07 Å². The second-order valence-corrected chi connectivity index (χ2v) is 3.28. The average molecular weight is 264 g/mol. The number of nitrogens with zero attached hydrogens (tertiary/aromatic N) is 4. The molecule has 0 unspecified atom stereocenters. The van der Waals surface area contributed by atoms with Gasteiger partial charge >= 0.3 is 0 Å². The molecule has 1 rings (SSSR count). The normalized spacial score (nSPS) is 9.11. The Morgan fingerprint density at radius 2 is 2.11 bits per heavy atom. The summed E-state index contributed by atoms with van der Waals surface area (Å²) in [5.74, 6) is -1.43. The minimum atomic E-state index is -0.892. The van der Waals surface area contributed by atoms with Gasteiger partial charge in [-0.15, -0.1) is 0 Å². The second-order valence-electron chi connectivity index (χ2n) is 3.28. The summed E-state index contributed by atoms with van der Waals surface area (Å²) in [6.07, 6.45) is 0. The Balaban J connectivity index is 3.16. The summed E-state index contributed by atoms with van der Waals surface area (Å²) in [5, 5.41) is 14.0. The first-order chi connectivity index (χ1) is 8.95. The molecule has 0 aliphatic carbocycles. The van der Waals surface area contributed by atoms with E-state index in [9.17, 15) is 19.7 Å². The van der Waals surface area contributed by atoms with Crippen molar-refractivity contribution in [3.05, 3.63) is 44.3 Å². The van der Waals surface area contributed by atoms with Crippen molar-refractivity contribution in [2.24, 2.45) is 5.11 Å². The second kappa shape index (κ2) is 5.98. The van der Waals surface area contributed by atoms with Crippen molar-refractivity contribution in [3.63, 3.8) is 0 Å². The molecule has 2 amide bonds. The topological polar surface area (TPSA) is 150 Å². The molecule has 1 aromatic carbocycles. The molecule has 0 radical (unpaired) electrons. The van der Waals surface area contributed by atoms with E-state index in [0.29, 0.717) is 0 Å². The number of nitro benzene ring substituents is 1. The zero-order chi connectivity index (χ0) is 14.4. The molecule has 1 aromatic rings. The van der Waals surface area contributed by atoms with E-state index >= 15 is 0 Å². The van der Waals surface area contributed by atoms with Crippen molar-refractivity contribution >= 4 is 23.2 Å². The van der Waals surface area contributed by atoms with Crippen molar-refractivity contribution in [2.45, 2.75) is 6.92 Å². The van der Waals surface area contributed by atoms with Gasteiger partial charge in [0, 0.05) is 23.6 Å². The first-order valence-corrected chi connectivity index (χ1v) is 4.86. The SMILES string of the molecule is CC(=O)NNC(=O)c1cc(N=[N+]=[N-])ccc1[N+](=O)[O-]. The van der Waals surface area contributed by atoms with Crippen LogP contribution in [0.4, 0.5) is 11.4 Å². The lowest BCUT2D eigenvalue weighted by Gasteiger charge is -2.06. The fraction of sp³-hybridized carbons (Fsp3) is 0.111. The lowest BCUT2D eigenvalue weighted by molar-refractivity contribution is -0.385. The molecule has 0 atom stereocenters. The molecule has 0 spiro atoms. The largest absolute Gasteiger partial charge is 0.282 e. The van der Waals surface area contributed by atoms with Gasteiger partial charge in [0.2, 0.25) is 5.91 Å².